The Kier molecular flexibility index (Phi) is 5.30. The summed E-state index contributed by atoms with van der Waals surface area (Å²) in [6, 6.07) is 17.2. The maximum atomic E-state index is 13.3. The number of ether oxygens (including phenoxy) is 1. The molecular formula is C26H26N2O2. The maximum absolute atomic E-state index is 13.3. The minimum atomic E-state index is -0.341. The average molecular weight is 399 g/mol. The number of hydrogen-bond acceptors (Lipinski definition) is 4. The third-order valence-electron chi connectivity index (χ3n) is 6.18. The van der Waals surface area contributed by atoms with Gasteiger partial charge in [0.1, 0.15) is 6.61 Å². The Morgan fingerprint density at radius 3 is 2.67 bits per heavy atom. The summed E-state index contributed by atoms with van der Waals surface area (Å²) in [6.07, 6.45) is 2.78. The van der Waals surface area contributed by atoms with Gasteiger partial charge in [0, 0.05) is 16.6 Å². The van der Waals surface area contributed by atoms with Crippen LogP contribution in [0.5, 0.6) is 0 Å². The number of pyridine rings is 1. The maximum Gasteiger partial charge on any atom is 0.339 e. The van der Waals surface area contributed by atoms with E-state index in [0.717, 1.165) is 41.4 Å². The first-order valence-corrected chi connectivity index (χ1v) is 10.4. The minimum Gasteiger partial charge on any atom is -0.457 e. The number of nitrogens with zero attached hydrogens (tertiary/aromatic N) is 2. The van der Waals surface area contributed by atoms with Gasteiger partial charge in [-0.2, -0.15) is 5.26 Å². The van der Waals surface area contributed by atoms with Crippen LogP contribution in [0.3, 0.4) is 0 Å². The quantitative estimate of drug-likeness (QED) is 0.538. The van der Waals surface area contributed by atoms with Crippen molar-refractivity contribution in [3.05, 3.63) is 76.5 Å². The molecule has 1 aromatic heterocycles. The Hall–Kier alpha value is -3.19. The summed E-state index contributed by atoms with van der Waals surface area (Å²) in [5.41, 5.74) is 4.91. The second kappa shape index (κ2) is 7.91. The molecule has 4 rings (SSSR count). The van der Waals surface area contributed by atoms with Crippen molar-refractivity contribution in [1.29, 1.82) is 5.26 Å². The number of carbonyl (C=O) groups excluding carboxylic acids is 1. The van der Waals surface area contributed by atoms with Gasteiger partial charge in [0.2, 0.25) is 0 Å². The molecule has 152 valence electrons. The molecule has 1 heterocycles. The van der Waals surface area contributed by atoms with Gasteiger partial charge in [-0.05, 0) is 48.3 Å². The molecule has 1 unspecified atom stereocenters. The van der Waals surface area contributed by atoms with E-state index < -0.39 is 0 Å². The van der Waals surface area contributed by atoms with E-state index in [1.165, 1.54) is 0 Å². The molecule has 0 radical (unpaired) electrons. The van der Waals surface area contributed by atoms with Crippen LogP contribution in [0.25, 0.3) is 10.9 Å². The van der Waals surface area contributed by atoms with Crippen molar-refractivity contribution in [3.63, 3.8) is 0 Å². The highest BCUT2D eigenvalue weighted by Crippen LogP contribution is 2.39. The molecule has 0 saturated heterocycles. The number of esters is 1. The van der Waals surface area contributed by atoms with Gasteiger partial charge in [0.15, 0.2) is 0 Å². The minimum absolute atomic E-state index is 0.0800. The lowest BCUT2D eigenvalue weighted by Crippen LogP contribution is -2.29. The summed E-state index contributed by atoms with van der Waals surface area (Å²) >= 11 is 0. The summed E-state index contributed by atoms with van der Waals surface area (Å²) in [7, 11) is 0. The van der Waals surface area contributed by atoms with E-state index in [0.29, 0.717) is 22.6 Å². The normalized spacial score (nSPS) is 16.0. The van der Waals surface area contributed by atoms with Crippen LogP contribution >= 0.6 is 0 Å². The molecule has 0 aliphatic heterocycles. The number of hydrogen-bond donors (Lipinski definition) is 0. The number of aromatic nitrogens is 1. The standard InChI is InChI=1S/C26H26N2O2/c1-26(2,3)19-12-13-23-21(14-19)24(20-10-6-7-11-22(20)28-23)25(29)30-16-18-9-5-4-8-17(18)15-27/h4-11,19H,12-14,16H2,1-3H3. The molecule has 1 aliphatic rings. The summed E-state index contributed by atoms with van der Waals surface area (Å²) in [5, 5.41) is 10.1. The van der Waals surface area contributed by atoms with E-state index in [4.69, 9.17) is 9.72 Å². The van der Waals surface area contributed by atoms with Crippen molar-refractivity contribution in [1.82, 2.24) is 4.98 Å². The highest BCUT2D eigenvalue weighted by Gasteiger charge is 2.33. The largest absolute Gasteiger partial charge is 0.457 e. The summed E-state index contributed by atoms with van der Waals surface area (Å²) in [6.45, 7) is 6.85. The molecule has 0 saturated carbocycles. The average Bonchev–Trinajstić information content (AvgIpc) is 2.74. The van der Waals surface area contributed by atoms with Gasteiger partial charge in [-0.3, -0.25) is 4.98 Å². The number of benzene rings is 2. The number of para-hydroxylation sites is 1. The predicted octanol–water partition coefficient (Wildman–Crippen LogP) is 5.61. The fraction of sp³-hybridized carbons (Fsp3) is 0.346. The number of nitriles is 1. The second-order valence-electron chi connectivity index (χ2n) is 9.08. The zero-order valence-electron chi connectivity index (χ0n) is 17.7. The van der Waals surface area contributed by atoms with Gasteiger partial charge in [0.05, 0.1) is 22.7 Å². The molecule has 0 bridgehead atoms. The third-order valence-corrected chi connectivity index (χ3v) is 6.18. The first kappa shape index (κ1) is 20.1. The predicted molar refractivity (Wildman–Crippen MR) is 117 cm³/mol. The van der Waals surface area contributed by atoms with E-state index in [9.17, 15) is 10.1 Å². The lowest BCUT2D eigenvalue weighted by atomic mass is 9.70. The zero-order chi connectivity index (χ0) is 21.3. The lowest BCUT2D eigenvalue weighted by molar-refractivity contribution is 0.0472. The molecule has 3 aromatic rings. The van der Waals surface area contributed by atoms with E-state index in [2.05, 4.69) is 26.8 Å². The van der Waals surface area contributed by atoms with Crippen molar-refractivity contribution < 1.29 is 9.53 Å². The lowest BCUT2D eigenvalue weighted by Gasteiger charge is -2.35. The number of rotatable bonds is 3. The fourth-order valence-electron chi connectivity index (χ4n) is 4.33. The number of carbonyl (C=O) groups is 1. The van der Waals surface area contributed by atoms with E-state index >= 15 is 0 Å². The molecule has 4 nitrogen and oxygen atoms in total. The molecule has 0 fully saturated rings. The molecule has 1 atom stereocenters. The Morgan fingerprint density at radius 2 is 1.90 bits per heavy atom. The van der Waals surface area contributed by atoms with Crippen LogP contribution in [0.4, 0.5) is 0 Å². The summed E-state index contributed by atoms with van der Waals surface area (Å²) in [5.74, 6) is 0.144. The summed E-state index contributed by atoms with van der Waals surface area (Å²) in [4.78, 5) is 18.2. The molecule has 2 aromatic carbocycles. The van der Waals surface area contributed by atoms with Crippen LogP contribution in [0.15, 0.2) is 48.5 Å². The van der Waals surface area contributed by atoms with Gasteiger partial charge < -0.3 is 4.74 Å². The van der Waals surface area contributed by atoms with Crippen molar-refractivity contribution in [2.45, 2.75) is 46.6 Å². The second-order valence-corrected chi connectivity index (χ2v) is 9.08. The van der Waals surface area contributed by atoms with E-state index in [1.54, 1.807) is 6.07 Å². The van der Waals surface area contributed by atoms with Gasteiger partial charge in [-0.25, -0.2) is 4.79 Å². The van der Waals surface area contributed by atoms with Crippen LogP contribution in [0.1, 0.15) is 59.9 Å². The van der Waals surface area contributed by atoms with Crippen LogP contribution in [0, 0.1) is 22.7 Å². The summed E-state index contributed by atoms with van der Waals surface area (Å²) < 4.78 is 5.73. The smallest absolute Gasteiger partial charge is 0.339 e. The SMILES string of the molecule is CC(C)(C)C1CCc2nc3ccccc3c(C(=O)OCc3ccccc3C#N)c2C1. The third kappa shape index (κ3) is 3.80. The van der Waals surface area contributed by atoms with Gasteiger partial charge in [-0.1, -0.05) is 57.2 Å². The first-order chi connectivity index (χ1) is 14.4. The van der Waals surface area contributed by atoms with Crippen LogP contribution in [0.2, 0.25) is 0 Å². The Balaban J connectivity index is 1.73. The Labute approximate surface area is 177 Å². The molecule has 0 N–H and O–H groups in total. The molecule has 0 amide bonds. The van der Waals surface area contributed by atoms with E-state index in [1.807, 2.05) is 42.5 Å². The zero-order valence-corrected chi connectivity index (χ0v) is 17.7. The van der Waals surface area contributed by atoms with Crippen molar-refractivity contribution in [3.8, 4) is 6.07 Å². The van der Waals surface area contributed by atoms with Crippen molar-refractivity contribution >= 4 is 16.9 Å². The highest BCUT2D eigenvalue weighted by atomic mass is 16.5. The monoisotopic (exact) mass is 398 g/mol. The van der Waals surface area contributed by atoms with Crippen molar-refractivity contribution in [2.75, 3.05) is 0 Å². The number of aryl methyl sites for hydroxylation is 1. The topological polar surface area (TPSA) is 63.0 Å². The molecule has 0 spiro atoms. The highest BCUT2D eigenvalue weighted by molar-refractivity contribution is 6.05. The Morgan fingerprint density at radius 1 is 1.17 bits per heavy atom. The van der Waals surface area contributed by atoms with Gasteiger partial charge in [0.25, 0.3) is 0 Å². The van der Waals surface area contributed by atoms with Gasteiger partial charge in [-0.15, -0.1) is 0 Å². The molecule has 1 aliphatic carbocycles. The fourth-order valence-corrected chi connectivity index (χ4v) is 4.33. The van der Waals surface area contributed by atoms with E-state index in [-0.39, 0.29) is 18.0 Å². The van der Waals surface area contributed by atoms with Gasteiger partial charge >= 0.3 is 5.97 Å². The molecular weight excluding hydrogens is 372 g/mol. The van der Waals surface area contributed by atoms with Crippen LogP contribution in [-0.2, 0) is 24.2 Å². The van der Waals surface area contributed by atoms with Crippen LogP contribution in [-0.4, -0.2) is 11.0 Å². The van der Waals surface area contributed by atoms with Crippen LogP contribution < -0.4 is 0 Å². The van der Waals surface area contributed by atoms with Crippen molar-refractivity contribution in [2.24, 2.45) is 11.3 Å². The molecule has 30 heavy (non-hydrogen) atoms. The number of fused-ring (bicyclic) bond motifs is 2. The first-order valence-electron chi connectivity index (χ1n) is 10.4. The Bertz CT molecular complexity index is 1150. The molecule has 4 heteroatoms.